The molecule has 1 atom stereocenters. The summed E-state index contributed by atoms with van der Waals surface area (Å²) in [6.45, 7) is 6.00. The van der Waals surface area contributed by atoms with E-state index in [2.05, 4.69) is 0 Å². The third kappa shape index (κ3) is 4.67. The highest BCUT2D eigenvalue weighted by Crippen LogP contribution is 2.46. The van der Waals surface area contributed by atoms with Gasteiger partial charge in [-0.1, -0.05) is 50.6 Å². The van der Waals surface area contributed by atoms with E-state index in [9.17, 15) is 19.1 Å². The maximum absolute atomic E-state index is 13.9. The standard InChI is InChI=1S/C29H27ClFNO5/c1-29(2,3)19-14-16(10-13-23(19)37-5)26(33)24-25(18-8-6-7-9-22(18)36-4)32(28(35)27(24)34)17-11-12-21(31)20(30)15-17/h6-15,25,33H,1-5H3/b26-24+. The molecule has 3 aromatic rings. The van der Waals surface area contributed by atoms with Crippen LogP contribution >= 0.6 is 11.6 Å². The molecule has 0 radical (unpaired) electrons. The fraction of sp³-hybridized carbons (Fsp3) is 0.241. The van der Waals surface area contributed by atoms with Crippen LogP contribution in [-0.4, -0.2) is 31.0 Å². The summed E-state index contributed by atoms with van der Waals surface area (Å²) in [7, 11) is 3.03. The SMILES string of the molecule is COc1ccccc1C1/C(=C(\O)c2ccc(OC)c(C(C)(C)C)c2)C(=O)C(=O)N1c1ccc(F)c(Cl)c1. The molecule has 1 aliphatic heterocycles. The van der Waals surface area contributed by atoms with Crippen LogP contribution in [0.15, 0.2) is 66.2 Å². The lowest BCUT2D eigenvalue weighted by molar-refractivity contribution is -0.132. The predicted octanol–water partition coefficient (Wildman–Crippen LogP) is 6.42. The molecule has 1 N–H and O–H groups in total. The van der Waals surface area contributed by atoms with Crippen molar-refractivity contribution < 1.29 is 28.6 Å². The Bertz CT molecular complexity index is 1430. The van der Waals surface area contributed by atoms with Gasteiger partial charge in [0, 0.05) is 22.4 Å². The van der Waals surface area contributed by atoms with Crippen LogP contribution in [0.3, 0.4) is 0 Å². The molecule has 6 nitrogen and oxygen atoms in total. The van der Waals surface area contributed by atoms with E-state index in [-0.39, 0.29) is 27.5 Å². The van der Waals surface area contributed by atoms with Gasteiger partial charge in [-0.3, -0.25) is 14.5 Å². The molecule has 3 aromatic carbocycles. The minimum Gasteiger partial charge on any atom is -0.507 e. The van der Waals surface area contributed by atoms with Gasteiger partial charge in [-0.05, 0) is 47.9 Å². The topological polar surface area (TPSA) is 76.1 Å². The van der Waals surface area contributed by atoms with E-state index < -0.39 is 23.5 Å². The van der Waals surface area contributed by atoms with Crippen LogP contribution in [0.25, 0.3) is 5.76 Å². The first kappa shape index (κ1) is 26.2. The van der Waals surface area contributed by atoms with Gasteiger partial charge in [0.15, 0.2) is 0 Å². The van der Waals surface area contributed by atoms with Crippen LogP contribution in [0, 0.1) is 5.82 Å². The molecule has 1 amide bonds. The Labute approximate surface area is 219 Å². The van der Waals surface area contributed by atoms with Crippen molar-refractivity contribution in [3.8, 4) is 11.5 Å². The number of nitrogens with zero attached hydrogens (tertiary/aromatic N) is 1. The van der Waals surface area contributed by atoms with Crippen molar-refractivity contribution in [3.05, 3.63) is 93.8 Å². The van der Waals surface area contributed by atoms with Crippen molar-refractivity contribution in [2.24, 2.45) is 0 Å². The van der Waals surface area contributed by atoms with Crippen molar-refractivity contribution in [1.82, 2.24) is 0 Å². The van der Waals surface area contributed by atoms with Crippen LogP contribution in [0.1, 0.15) is 43.5 Å². The highest BCUT2D eigenvalue weighted by molar-refractivity contribution is 6.52. The maximum atomic E-state index is 13.9. The molecule has 1 unspecified atom stereocenters. The van der Waals surface area contributed by atoms with Crippen LogP contribution in [0.2, 0.25) is 5.02 Å². The number of hydrogen-bond donors (Lipinski definition) is 1. The molecule has 0 saturated carbocycles. The molecule has 0 aliphatic carbocycles. The van der Waals surface area contributed by atoms with E-state index in [1.54, 1.807) is 49.6 Å². The first-order chi connectivity index (χ1) is 17.5. The molecule has 0 spiro atoms. The number of aliphatic hydroxyl groups excluding tert-OH is 1. The van der Waals surface area contributed by atoms with Gasteiger partial charge in [-0.15, -0.1) is 0 Å². The van der Waals surface area contributed by atoms with Crippen molar-refractivity contribution in [1.29, 1.82) is 0 Å². The third-order valence-corrected chi connectivity index (χ3v) is 6.63. The van der Waals surface area contributed by atoms with Crippen LogP contribution in [-0.2, 0) is 15.0 Å². The molecule has 4 rings (SSSR count). The summed E-state index contributed by atoms with van der Waals surface area (Å²) >= 11 is 6.02. The number of ketones is 1. The zero-order valence-electron chi connectivity index (χ0n) is 21.1. The number of benzene rings is 3. The monoisotopic (exact) mass is 523 g/mol. The molecule has 0 aromatic heterocycles. The average molecular weight is 524 g/mol. The smallest absolute Gasteiger partial charge is 0.300 e. The van der Waals surface area contributed by atoms with Gasteiger partial charge in [0.25, 0.3) is 11.7 Å². The van der Waals surface area contributed by atoms with Gasteiger partial charge in [-0.2, -0.15) is 0 Å². The second-order valence-corrected chi connectivity index (χ2v) is 10.1. The Balaban J connectivity index is 2.00. The number of carbonyl (C=O) groups is 2. The summed E-state index contributed by atoms with van der Waals surface area (Å²) in [5.41, 5.74) is 1.37. The first-order valence-corrected chi connectivity index (χ1v) is 11.9. The van der Waals surface area contributed by atoms with E-state index >= 15 is 0 Å². The molecule has 1 fully saturated rings. The van der Waals surface area contributed by atoms with Crippen LogP contribution < -0.4 is 14.4 Å². The number of hydrogen-bond acceptors (Lipinski definition) is 5. The quantitative estimate of drug-likeness (QED) is 0.237. The fourth-order valence-corrected chi connectivity index (χ4v) is 4.69. The summed E-state index contributed by atoms with van der Waals surface area (Å²) in [5.74, 6) is -1.75. The Hall–Kier alpha value is -3.84. The molecule has 192 valence electrons. The van der Waals surface area contributed by atoms with Gasteiger partial charge < -0.3 is 14.6 Å². The number of aliphatic hydroxyl groups is 1. The number of anilines is 1. The van der Waals surface area contributed by atoms with Gasteiger partial charge in [-0.25, -0.2) is 4.39 Å². The number of ether oxygens (including phenoxy) is 2. The Morgan fingerprint density at radius 2 is 1.65 bits per heavy atom. The zero-order chi connectivity index (χ0) is 27.1. The molecular formula is C29H27ClFNO5. The minimum atomic E-state index is -1.06. The number of amides is 1. The predicted molar refractivity (Wildman–Crippen MR) is 141 cm³/mol. The van der Waals surface area contributed by atoms with Gasteiger partial charge in [0.05, 0.1) is 30.9 Å². The van der Waals surface area contributed by atoms with E-state index in [1.165, 1.54) is 24.1 Å². The van der Waals surface area contributed by atoms with E-state index in [4.69, 9.17) is 21.1 Å². The highest BCUT2D eigenvalue weighted by atomic mass is 35.5. The van der Waals surface area contributed by atoms with Crippen molar-refractivity contribution in [2.45, 2.75) is 32.2 Å². The number of Topliss-reactive ketones (excluding diaryl/α,β-unsaturated/α-hetero) is 1. The summed E-state index contributed by atoms with van der Waals surface area (Å²) < 4.78 is 25.0. The molecule has 0 bridgehead atoms. The summed E-state index contributed by atoms with van der Waals surface area (Å²) in [5, 5.41) is 11.3. The zero-order valence-corrected chi connectivity index (χ0v) is 21.9. The van der Waals surface area contributed by atoms with E-state index in [0.29, 0.717) is 22.6 Å². The Kier molecular flexibility index (Phi) is 7.02. The number of halogens is 2. The van der Waals surface area contributed by atoms with E-state index in [0.717, 1.165) is 11.6 Å². The van der Waals surface area contributed by atoms with Crippen LogP contribution in [0.5, 0.6) is 11.5 Å². The third-order valence-electron chi connectivity index (χ3n) is 6.34. The normalized spacial score (nSPS) is 17.3. The molecule has 37 heavy (non-hydrogen) atoms. The first-order valence-electron chi connectivity index (χ1n) is 11.6. The molecule has 1 aliphatic rings. The fourth-order valence-electron chi connectivity index (χ4n) is 4.52. The lowest BCUT2D eigenvalue weighted by atomic mass is 9.84. The molecule has 1 saturated heterocycles. The van der Waals surface area contributed by atoms with Crippen molar-refractivity contribution >= 4 is 34.7 Å². The highest BCUT2D eigenvalue weighted by Gasteiger charge is 2.48. The lowest BCUT2D eigenvalue weighted by Crippen LogP contribution is -2.29. The second-order valence-electron chi connectivity index (χ2n) is 9.67. The van der Waals surface area contributed by atoms with Crippen molar-refractivity contribution in [2.75, 3.05) is 19.1 Å². The van der Waals surface area contributed by atoms with E-state index in [1.807, 2.05) is 20.8 Å². The number of para-hydroxylation sites is 1. The Morgan fingerprint density at radius 3 is 2.27 bits per heavy atom. The number of methoxy groups -OCH3 is 2. The molecular weight excluding hydrogens is 497 g/mol. The van der Waals surface area contributed by atoms with Crippen LogP contribution in [0.4, 0.5) is 10.1 Å². The van der Waals surface area contributed by atoms with Gasteiger partial charge in [0.2, 0.25) is 0 Å². The minimum absolute atomic E-state index is 0.125. The molecule has 1 heterocycles. The largest absolute Gasteiger partial charge is 0.507 e. The Morgan fingerprint density at radius 1 is 0.973 bits per heavy atom. The maximum Gasteiger partial charge on any atom is 0.300 e. The van der Waals surface area contributed by atoms with Gasteiger partial charge >= 0.3 is 0 Å². The second kappa shape index (κ2) is 9.90. The summed E-state index contributed by atoms with van der Waals surface area (Å²) in [6.07, 6.45) is 0. The number of carbonyl (C=O) groups excluding carboxylic acids is 2. The summed E-state index contributed by atoms with van der Waals surface area (Å²) in [6, 6.07) is 14.7. The summed E-state index contributed by atoms with van der Waals surface area (Å²) in [4.78, 5) is 28.1. The molecule has 8 heteroatoms. The number of rotatable bonds is 5. The van der Waals surface area contributed by atoms with Gasteiger partial charge in [0.1, 0.15) is 23.1 Å². The van der Waals surface area contributed by atoms with Crippen molar-refractivity contribution in [3.63, 3.8) is 0 Å². The average Bonchev–Trinajstić information content (AvgIpc) is 3.14. The lowest BCUT2D eigenvalue weighted by Gasteiger charge is -2.27.